The third-order valence-electron chi connectivity index (χ3n) is 6.58. The molecule has 256 valence electrons. The highest BCUT2D eigenvalue weighted by Crippen LogP contribution is 2.08. The average Bonchev–Trinajstić information content (AvgIpc) is 2.94. The summed E-state index contributed by atoms with van der Waals surface area (Å²) in [5.74, 6) is -5.85. The smallest absolute Gasteiger partial charge is 0.326 e. The fraction of sp³-hybridized carbons (Fsp3) is 0.714. The highest BCUT2D eigenvalue weighted by molar-refractivity contribution is 5.86. The lowest BCUT2D eigenvalue weighted by molar-refractivity contribution is -0.142. The van der Waals surface area contributed by atoms with Gasteiger partial charge in [-0.25, -0.2) is 19.2 Å². The molecule has 0 aromatic heterocycles. The summed E-state index contributed by atoms with van der Waals surface area (Å²) in [6.07, 6.45) is 4.25. The SMILES string of the molecule is CC(=O)NCCCCC(NC(=O)CCCCCCC(=O)NCCCC[C@H](NC(=O)NC(CCC(=O)O)C(=O)O)C(=O)O)C(=O)O. The van der Waals surface area contributed by atoms with Crippen LogP contribution in [0.25, 0.3) is 0 Å². The quantitative estimate of drug-likeness (QED) is 0.0584. The normalized spacial score (nSPS) is 12.6. The van der Waals surface area contributed by atoms with E-state index in [0.717, 1.165) is 0 Å². The third-order valence-corrected chi connectivity index (χ3v) is 6.58. The molecular weight excluding hydrogens is 598 g/mol. The Morgan fingerprint density at radius 3 is 1.40 bits per heavy atom. The molecule has 2 unspecified atom stereocenters. The number of aliphatic carboxylic acids is 4. The lowest BCUT2D eigenvalue weighted by Gasteiger charge is -2.18. The molecule has 17 nitrogen and oxygen atoms in total. The first-order chi connectivity index (χ1) is 21.2. The molecular formula is C28H47N5O12. The molecule has 0 fully saturated rings. The molecule has 3 atom stereocenters. The van der Waals surface area contributed by atoms with Gasteiger partial charge >= 0.3 is 29.9 Å². The second-order valence-corrected chi connectivity index (χ2v) is 10.5. The minimum Gasteiger partial charge on any atom is -0.481 e. The van der Waals surface area contributed by atoms with E-state index >= 15 is 0 Å². The van der Waals surface area contributed by atoms with Crippen LogP contribution in [0.2, 0.25) is 0 Å². The first-order valence-electron chi connectivity index (χ1n) is 15.0. The second kappa shape index (κ2) is 23.9. The molecule has 0 aliphatic rings. The highest BCUT2D eigenvalue weighted by Gasteiger charge is 2.25. The zero-order valence-electron chi connectivity index (χ0n) is 25.6. The van der Waals surface area contributed by atoms with E-state index < -0.39 is 54.5 Å². The van der Waals surface area contributed by atoms with E-state index in [9.17, 15) is 48.6 Å². The summed E-state index contributed by atoms with van der Waals surface area (Å²) in [6, 6.07) is -4.85. The monoisotopic (exact) mass is 645 g/mol. The topological polar surface area (TPSA) is 278 Å². The summed E-state index contributed by atoms with van der Waals surface area (Å²) in [7, 11) is 0. The van der Waals surface area contributed by atoms with Gasteiger partial charge in [-0.3, -0.25) is 19.2 Å². The molecule has 0 aromatic rings. The van der Waals surface area contributed by atoms with Gasteiger partial charge in [0.2, 0.25) is 17.7 Å². The number of unbranched alkanes of at least 4 members (excludes halogenated alkanes) is 5. The molecule has 0 aliphatic heterocycles. The maximum atomic E-state index is 12.1. The first-order valence-corrected chi connectivity index (χ1v) is 15.0. The summed E-state index contributed by atoms with van der Waals surface area (Å²) >= 11 is 0. The molecule has 9 N–H and O–H groups in total. The molecule has 0 rings (SSSR count). The van der Waals surface area contributed by atoms with Gasteiger partial charge in [-0.15, -0.1) is 0 Å². The fourth-order valence-corrected chi connectivity index (χ4v) is 4.12. The molecule has 0 saturated heterocycles. The van der Waals surface area contributed by atoms with Gasteiger partial charge in [0.15, 0.2) is 0 Å². The van der Waals surface area contributed by atoms with Crippen LogP contribution in [0.4, 0.5) is 4.79 Å². The lowest BCUT2D eigenvalue weighted by atomic mass is 10.1. The second-order valence-electron chi connectivity index (χ2n) is 10.5. The Balaban J connectivity index is 4.10. The van der Waals surface area contributed by atoms with Crippen molar-refractivity contribution < 1.29 is 58.8 Å². The summed E-state index contributed by atoms with van der Waals surface area (Å²) in [5, 5.41) is 48.5. The van der Waals surface area contributed by atoms with E-state index in [2.05, 4.69) is 26.6 Å². The molecule has 5 amide bonds. The van der Waals surface area contributed by atoms with Crippen molar-refractivity contribution in [1.29, 1.82) is 0 Å². The third kappa shape index (κ3) is 22.7. The maximum Gasteiger partial charge on any atom is 0.326 e. The molecule has 0 radical (unpaired) electrons. The molecule has 0 aromatic carbocycles. The van der Waals surface area contributed by atoms with Crippen molar-refractivity contribution in [3.63, 3.8) is 0 Å². The standard InChI is InChI=1S/C28H47N5O12/c1-18(34)29-16-8-6-10-19(25(39)40)31-23(36)13-5-3-2-4-12-22(35)30-17-9-7-11-20(26(41)42)32-28(45)33-21(27(43)44)14-15-24(37)38/h19-21H,2-17H2,1H3,(H,29,34)(H,30,35)(H,31,36)(H,37,38)(H,39,40)(H,41,42)(H,43,44)(H2,32,33,45)/t19?,20-,21?/m0/s1. The van der Waals surface area contributed by atoms with E-state index in [-0.39, 0.29) is 56.4 Å². The Bertz CT molecular complexity index is 1010. The van der Waals surface area contributed by atoms with Gasteiger partial charge in [-0.05, 0) is 57.8 Å². The van der Waals surface area contributed by atoms with Crippen LogP contribution in [0.5, 0.6) is 0 Å². The van der Waals surface area contributed by atoms with Crippen molar-refractivity contribution >= 4 is 47.6 Å². The Morgan fingerprint density at radius 2 is 0.933 bits per heavy atom. The zero-order valence-corrected chi connectivity index (χ0v) is 25.6. The van der Waals surface area contributed by atoms with Gasteiger partial charge in [0, 0.05) is 39.3 Å². The van der Waals surface area contributed by atoms with Crippen LogP contribution in [-0.2, 0) is 33.6 Å². The van der Waals surface area contributed by atoms with Gasteiger partial charge in [0.05, 0.1) is 0 Å². The number of urea groups is 1. The van der Waals surface area contributed by atoms with E-state index in [4.69, 9.17) is 10.2 Å². The molecule has 0 bridgehead atoms. The number of hydrogen-bond donors (Lipinski definition) is 9. The molecule has 0 heterocycles. The minimum absolute atomic E-state index is 0.0187. The van der Waals surface area contributed by atoms with Crippen molar-refractivity contribution in [3.05, 3.63) is 0 Å². The molecule has 0 saturated carbocycles. The molecule has 17 heteroatoms. The Kier molecular flexibility index (Phi) is 21.6. The molecule has 0 aliphatic carbocycles. The van der Waals surface area contributed by atoms with Gasteiger partial charge in [-0.2, -0.15) is 0 Å². The van der Waals surface area contributed by atoms with E-state index in [1.807, 2.05) is 0 Å². The number of rotatable bonds is 26. The Hall–Kier alpha value is -4.44. The number of carbonyl (C=O) groups excluding carboxylic acids is 4. The fourth-order valence-electron chi connectivity index (χ4n) is 4.12. The summed E-state index contributed by atoms with van der Waals surface area (Å²) in [6.45, 7) is 2.12. The van der Waals surface area contributed by atoms with E-state index in [0.29, 0.717) is 57.9 Å². The van der Waals surface area contributed by atoms with Crippen LogP contribution in [0.3, 0.4) is 0 Å². The van der Waals surface area contributed by atoms with Crippen molar-refractivity contribution in [2.45, 2.75) is 115 Å². The maximum absolute atomic E-state index is 12.1. The van der Waals surface area contributed by atoms with Gasteiger partial charge in [0.25, 0.3) is 0 Å². The predicted molar refractivity (Wildman–Crippen MR) is 158 cm³/mol. The Labute approximate surface area is 261 Å². The van der Waals surface area contributed by atoms with Gasteiger partial charge < -0.3 is 47.0 Å². The van der Waals surface area contributed by atoms with Crippen LogP contribution in [0.1, 0.15) is 96.8 Å². The number of carboxylic acid groups (broad SMARTS) is 4. The predicted octanol–water partition coefficient (Wildman–Crippen LogP) is 0.560. The number of amides is 5. The van der Waals surface area contributed by atoms with Crippen molar-refractivity contribution in [3.8, 4) is 0 Å². The van der Waals surface area contributed by atoms with Crippen LogP contribution in [0, 0.1) is 0 Å². The minimum atomic E-state index is -1.49. The first kappa shape index (κ1) is 40.6. The summed E-state index contributed by atoms with van der Waals surface area (Å²) in [5.41, 5.74) is 0. The van der Waals surface area contributed by atoms with Crippen LogP contribution in [0.15, 0.2) is 0 Å². The van der Waals surface area contributed by atoms with Crippen molar-refractivity contribution in [1.82, 2.24) is 26.6 Å². The van der Waals surface area contributed by atoms with Crippen LogP contribution >= 0.6 is 0 Å². The lowest BCUT2D eigenvalue weighted by Crippen LogP contribution is -2.51. The van der Waals surface area contributed by atoms with Crippen LogP contribution in [-0.4, -0.2) is 99.3 Å². The largest absolute Gasteiger partial charge is 0.481 e. The highest BCUT2D eigenvalue weighted by atomic mass is 16.4. The van der Waals surface area contributed by atoms with E-state index in [1.165, 1.54) is 6.92 Å². The van der Waals surface area contributed by atoms with Crippen molar-refractivity contribution in [2.75, 3.05) is 13.1 Å². The van der Waals surface area contributed by atoms with Crippen LogP contribution < -0.4 is 26.6 Å². The summed E-state index contributed by atoms with van der Waals surface area (Å²) < 4.78 is 0. The Morgan fingerprint density at radius 1 is 0.489 bits per heavy atom. The zero-order chi connectivity index (χ0) is 34.2. The number of carbonyl (C=O) groups is 8. The van der Waals surface area contributed by atoms with Gasteiger partial charge in [-0.1, -0.05) is 12.8 Å². The van der Waals surface area contributed by atoms with Gasteiger partial charge in [0.1, 0.15) is 18.1 Å². The number of hydrogen-bond acceptors (Lipinski definition) is 8. The summed E-state index contributed by atoms with van der Waals surface area (Å²) in [4.78, 5) is 91.7. The average molecular weight is 646 g/mol. The molecule has 45 heavy (non-hydrogen) atoms. The van der Waals surface area contributed by atoms with E-state index in [1.54, 1.807) is 0 Å². The number of nitrogens with one attached hydrogen (secondary N) is 5. The van der Waals surface area contributed by atoms with Crippen molar-refractivity contribution in [2.24, 2.45) is 0 Å². The molecule has 0 spiro atoms. The number of carboxylic acids is 4.